The number of ether oxygens (including phenoxy) is 1. The van der Waals surface area contributed by atoms with E-state index < -0.39 is 0 Å². The number of alkyl halides is 1. The van der Waals surface area contributed by atoms with Gasteiger partial charge in [0.15, 0.2) is 0 Å². The second kappa shape index (κ2) is 5.13. The highest BCUT2D eigenvalue weighted by molar-refractivity contribution is 6.20. The van der Waals surface area contributed by atoms with Crippen LogP contribution >= 0.6 is 11.6 Å². The van der Waals surface area contributed by atoms with Crippen LogP contribution < -0.4 is 4.74 Å². The molecule has 2 heteroatoms. The summed E-state index contributed by atoms with van der Waals surface area (Å²) in [4.78, 5) is 0. The minimum atomic E-state index is 0.178. The van der Waals surface area contributed by atoms with E-state index in [0.717, 1.165) is 12.2 Å². The Morgan fingerprint density at radius 3 is 2.85 bits per heavy atom. The molecule has 1 rings (SSSR count). The lowest BCUT2D eigenvalue weighted by atomic mass is 10.1. The first kappa shape index (κ1) is 10.4. The Balaban J connectivity index is 2.67. The van der Waals surface area contributed by atoms with E-state index in [4.69, 9.17) is 16.3 Å². The van der Waals surface area contributed by atoms with E-state index in [1.807, 2.05) is 32.0 Å². The first-order valence-electron chi connectivity index (χ1n) is 4.58. The number of hydrogen-bond donors (Lipinski definition) is 0. The largest absolute Gasteiger partial charge is 0.494 e. The molecule has 0 aromatic heterocycles. The number of benzene rings is 1. The normalized spacial score (nSPS) is 12.5. The van der Waals surface area contributed by atoms with Crippen LogP contribution in [0.3, 0.4) is 0 Å². The maximum absolute atomic E-state index is 5.90. The monoisotopic (exact) mass is 198 g/mol. The third kappa shape index (κ3) is 3.69. The maximum atomic E-state index is 5.90. The van der Waals surface area contributed by atoms with Crippen molar-refractivity contribution in [2.75, 3.05) is 6.61 Å². The molecule has 1 nitrogen and oxygen atoms in total. The van der Waals surface area contributed by atoms with Crippen LogP contribution in [0.25, 0.3) is 0 Å². The summed E-state index contributed by atoms with van der Waals surface area (Å²) < 4.78 is 5.38. The zero-order valence-electron chi connectivity index (χ0n) is 8.09. The summed E-state index contributed by atoms with van der Waals surface area (Å²) in [5, 5.41) is 0.178. The van der Waals surface area contributed by atoms with Crippen LogP contribution in [0.1, 0.15) is 19.4 Å². The molecule has 1 atom stereocenters. The van der Waals surface area contributed by atoms with Crippen LogP contribution in [0.5, 0.6) is 5.75 Å². The van der Waals surface area contributed by atoms with E-state index in [1.165, 1.54) is 5.56 Å². The summed E-state index contributed by atoms with van der Waals surface area (Å²) in [6.07, 6.45) is 0.891. The molecule has 0 aliphatic heterocycles. The Morgan fingerprint density at radius 2 is 2.23 bits per heavy atom. The van der Waals surface area contributed by atoms with Crippen molar-refractivity contribution in [1.29, 1.82) is 0 Å². The molecule has 1 unspecified atom stereocenters. The van der Waals surface area contributed by atoms with E-state index in [-0.39, 0.29) is 5.38 Å². The van der Waals surface area contributed by atoms with Gasteiger partial charge in [0.2, 0.25) is 0 Å². The minimum absolute atomic E-state index is 0.178. The van der Waals surface area contributed by atoms with Gasteiger partial charge < -0.3 is 4.74 Å². The fraction of sp³-hybridized carbons (Fsp3) is 0.455. The molecule has 72 valence electrons. The predicted octanol–water partition coefficient (Wildman–Crippen LogP) is 3.26. The molecule has 0 N–H and O–H groups in total. The third-order valence-electron chi connectivity index (χ3n) is 1.73. The van der Waals surface area contributed by atoms with E-state index in [2.05, 4.69) is 6.07 Å². The molecule has 0 heterocycles. The minimum Gasteiger partial charge on any atom is -0.494 e. The van der Waals surface area contributed by atoms with Crippen LogP contribution in [0.15, 0.2) is 24.3 Å². The molecule has 1 aromatic rings. The highest BCUT2D eigenvalue weighted by atomic mass is 35.5. The van der Waals surface area contributed by atoms with E-state index in [1.54, 1.807) is 0 Å². The zero-order valence-corrected chi connectivity index (χ0v) is 8.84. The van der Waals surface area contributed by atoms with Crippen LogP contribution in [0.2, 0.25) is 0 Å². The molecule has 0 aliphatic rings. The Labute approximate surface area is 84.7 Å². The van der Waals surface area contributed by atoms with Gasteiger partial charge in [-0.05, 0) is 38.0 Å². The van der Waals surface area contributed by atoms with Crippen LogP contribution in [-0.2, 0) is 6.42 Å². The van der Waals surface area contributed by atoms with Crippen molar-refractivity contribution in [3.05, 3.63) is 29.8 Å². The molecule has 13 heavy (non-hydrogen) atoms. The average molecular weight is 199 g/mol. The summed E-state index contributed by atoms with van der Waals surface area (Å²) >= 11 is 5.90. The summed E-state index contributed by atoms with van der Waals surface area (Å²) in [5.41, 5.74) is 1.23. The van der Waals surface area contributed by atoms with Gasteiger partial charge in [0.05, 0.1) is 6.61 Å². The van der Waals surface area contributed by atoms with Gasteiger partial charge in [-0.3, -0.25) is 0 Å². The van der Waals surface area contributed by atoms with Crippen LogP contribution in [0, 0.1) is 0 Å². The number of rotatable bonds is 4. The standard InChI is InChI=1S/C11H15ClO/c1-3-13-11-6-4-5-10(8-11)7-9(2)12/h4-6,8-9H,3,7H2,1-2H3. The van der Waals surface area contributed by atoms with Gasteiger partial charge in [-0.15, -0.1) is 11.6 Å². The Hall–Kier alpha value is -0.690. The molecular formula is C11H15ClO. The third-order valence-corrected chi connectivity index (χ3v) is 1.88. The second-order valence-electron chi connectivity index (χ2n) is 3.07. The first-order chi connectivity index (χ1) is 6.22. The summed E-state index contributed by atoms with van der Waals surface area (Å²) in [5.74, 6) is 0.928. The lowest BCUT2D eigenvalue weighted by Crippen LogP contribution is -1.98. The van der Waals surface area contributed by atoms with E-state index >= 15 is 0 Å². The number of hydrogen-bond acceptors (Lipinski definition) is 1. The summed E-state index contributed by atoms with van der Waals surface area (Å²) in [7, 11) is 0. The smallest absolute Gasteiger partial charge is 0.119 e. The van der Waals surface area contributed by atoms with Gasteiger partial charge in [0.25, 0.3) is 0 Å². The van der Waals surface area contributed by atoms with Crippen molar-refractivity contribution in [3.8, 4) is 5.75 Å². The van der Waals surface area contributed by atoms with Crippen molar-refractivity contribution in [3.63, 3.8) is 0 Å². The molecular weight excluding hydrogens is 184 g/mol. The zero-order chi connectivity index (χ0) is 9.68. The predicted molar refractivity (Wildman–Crippen MR) is 56.6 cm³/mol. The van der Waals surface area contributed by atoms with Gasteiger partial charge in [-0.25, -0.2) is 0 Å². The van der Waals surface area contributed by atoms with Gasteiger partial charge in [-0.1, -0.05) is 12.1 Å². The van der Waals surface area contributed by atoms with Gasteiger partial charge >= 0.3 is 0 Å². The van der Waals surface area contributed by atoms with Gasteiger partial charge in [0.1, 0.15) is 5.75 Å². The van der Waals surface area contributed by atoms with Crippen LogP contribution in [0.4, 0.5) is 0 Å². The molecule has 0 aliphatic carbocycles. The second-order valence-corrected chi connectivity index (χ2v) is 3.81. The summed E-state index contributed by atoms with van der Waals surface area (Å²) in [6, 6.07) is 8.08. The SMILES string of the molecule is CCOc1cccc(CC(C)Cl)c1. The Kier molecular flexibility index (Phi) is 4.10. The van der Waals surface area contributed by atoms with Crippen molar-refractivity contribution >= 4 is 11.6 Å². The van der Waals surface area contributed by atoms with E-state index in [9.17, 15) is 0 Å². The maximum Gasteiger partial charge on any atom is 0.119 e. The van der Waals surface area contributed by atoms with Crippen molar-refractivity contribution in [1.82, 2.24) is 0 Å². The van der Waals surface area contributed by atoms with Crippen molar-refractivity contribution < 1.29 is 4.74 Å². The van der Waals surface area contributed by atoms with Gasteiger partial charge in [0, 0.05) is 5.38 Å². The van der Waals surface area contributed by atoms with E-state index in [0.29, 0.717) is 6.61 Å². The summed E-state index contributed by atoms with van der Waals surface area (Å²) in [6.45, 7) is 4.69. The lowest BCUT2D eigenvalue weighted by molar-refractivity contribution is 0.340. The quantitative estimate of drug-likeness (QED) is 0.675. The lowest BCUT2D eigenvalue weighted by Gasteiger charge is -2.06. The molecule has 1 aromatic carbocycles. The van der Waals surface area contributed by atoms with Crippen LogP contribution in [-0.4, -0.2) is 12.0 Å². The average Bonchev–Trinajstić information content (AvgIpc) is 2.04. The molecule has 0 amide bonds. The highest BCUT2D eigenvalue weighted by Crippen LogP contribution is 2.15. The molecule has 0 radical (unpaired) electrons. The molecule has 0 saturated carbocycles. The molecule has 0 saturated heterocycles. The van der Waals surface area contributed by atoms with Crippen molar-refractivity contribution in [2.45, 2.75) is 25.6 Å². The highest BCUT2D eigenvalue weighted by Gasteiger charge is 2.00. The van der Waals surface area contributed by atoms with Gasteiger partial charge in [-0.2, -0.15) is 0 Å². The van der Waals surface area contributed by atoms with Crippen molar-refractivity contribution in [2.24, 2.45) is 0 Å². The molecule has 0 spiro atoms. The first-order valence-corrected chi connectivity index (χ1v) is 5.02. The molecule has 0 bridgehead atoms. The molecule has 0 fully saturated rings. The Morgan fingerprint density at radius 1 is 1.46 bits per heavy atom. The Bertz CT molecular complexity index is 258. The topological polar surface area (TPSA) is 9.23 Å². The fourth-order valence-electron chi connectivity index (χ4n) is 1.25. The fourth-order valence-corrected chi connectivity index (χ4v) is 1.43. The number of halogens is 1.